The lowest BCUT2D eigenvalue weighted by molar-refractivity contribution is -0.384. The van der Waals surface area contributed by atoms with Crippen LogP contribution in [-0.2, 0) is 20.7 Å². The van der Waals surface area contributed by atoms with Crippen molar-refractivity contribution < 1.29 is 19.2 Å². The van der Waals surface area contributed by atoms with Crippen LogP contribution >= 0.6 is 0 Å². The van der Waals surface area contributed by atoms with E-state index < -0.39 is 16.8 Å². The number of esters is 1. The number of amides is 1. The van der Waals surface area contributed by atoms with Gasteiger partial charge in [0.15, 0.2) is 6.61 Å². The highest BCUT2D eigenvalue weighted by molar-refractivity contribution is 5.88. The zero-order chi connectivity index (χ0) is 20.6. The number of ether oxygens (including phenoxy) is 1. The second-order valence-corrected chi connectivity index (χ2v) is 6.28. The fourth-order valence-electron chi connectivity index (χ4n) is 2.79. The first-order chi connectivity index (χ1) is 14.0. The Bertz CT molecular complexity index is 1010. The van der Waals surface area contributed by atoms with Gasteiger partial charge in [0.25, 0.3) is 11.6 Å². The highest BCUT2D eigenvalue weighted by atomic mass is 16.6. The monoisotopic (exact) mass is 396 g/mol. The number of hydrogen-bond acceptors (Lipinski definition) is 6. The number of carbonyl (C=O) groups excluding carboxylic acids is 2. The molecule has 0 spiro atoms. The quantitative estimate of drug-likeness (QED) is 0.221. The Morgan fingerprint density at radius 3 is 2.59 bits per heavy atom. The third-order valence-electron chi connectivity index (χ3n) is 4.23. The molecule has 1 aromatic heterocycles. The lowest BCUT2D eigenvalue weighted by Gasteiger charge is -2.08. The average molecular weight is 396 g/mol. The summed E-state index contributed by atoms with van der Waals surface area (Å²) in [6.45, 7) is 0.390. The van der Waals surface area contributed by atoms with Crippen LogP contribution in [0.25, 0.3) is 10.9 Å². The van der Waals surface area contributed by atoms with E-state index in [2.05, 4.69) is 15.6 Å². The van der Waals surface area contributed by atoms with Crippen LogP contribution in [0.15, 0.2) is 54.7 Å². The molecule has 0 bridgehead atoms. The zero-order valence-electron chi connectivity index (χ0n) is 15.5. The van der Waals surface area contributed by atoms with Gasteiger partial charge in [0.05, 0.1) is 11.3 Å². The van der Waals surface area contributed by atoms with E-state index >= 15 is 0 Å². The van der Waals surface area contributed by atoms with Gasteiger partial charge >= 0.3 is 5.97 Å². The van der Waals surface area contributed by atoms with Crippen molar-refractivity contribution in [3.63, 3.8) is 0 Å². The molecule has 3 N–H and O–H groups in total. The van der Waals surface area contributed by atoms with Crippen molar-refractivity contribution in [2.24, 2.45) is 0 Å². The number of nitro benzene ring substituents is 1. The average Bonchev–Trinajstić information content (AvgIpc) is 3.13. The molecule has 0 saturated heterocycles. The number of carbonyl (C=O) groups is 2. The predicted octanol–water partition coefficient (Wildman–Crippen LogP) is 2.39. The topological polar surface area (TPSA) is 126 Å². The highest BCUT2D eigenvalue weighted by Crippen LogP contribution is 2.18. The Balaban J connectivity index is 1.34. The summed E-state index contributed by atoms with van der Waals surface area (Å²) >= 11 is 0. The Hall–Kier alpha value is -3.88. The van der Waals surface area contributed by atoms with Gasteiger partial charge < -0.3 is 20.4 Å². The molecule has 3 rings (SSSR count). The van der Waals surface area contributed by atoms with Crippen LogP contribution in [0.5, 0.6) is 0 Å². The summed E-state index contributed by atoms with van der Waals surface area (Å²) in [5, 5.41) is 17.2. The maximum Gasteiger partial charge on any atom is 0.310 e. The van der Waals surface area contributed by atoms with Gasteiger partial charge in [-0.3, -0.25) is 19.7 Å². The maximum absolute atomic E-state index is 12.0. The molecular weight excluding hydrogens is 376 g/mol. The minimum absolute atomic E-state index is 0.0123. The molecule has 2 aromatic carbocycles. The van der Waals surface area contributed by atoms with Crippen molar-refractivity contribution in [3.8, 4) is 0 Å². The number of rotatable bonds is 9. The number of H-pyrrole nitrogens is 1. The Morgan fingerprint density at radius 2 is 1.83 bits per heavy atom. The number of hydrogen-bond donors (Lipinski definition) is 3. The number of aromatic nitrogens is 1. The van der Waals surface area contributed by atoms with E-state index in [1.807, 2.05) is 24.3 Å². The summed E-state index contributed by atoms with van der Waals surface area (Å²) in [5.41, 5.74) is 2.47. The fourth-order valence-corrected chi connectivity index (χ4v) is 2.79. The van der Waals surface area contributed by atoms with Crippen LogP contribution in [0.3, 0.4) is 0 Å². The predicted molar refractivity (Wildman–Crippen MR) is 108 cm³/mol. The normalized spacial score (nSPS) is 10.5. The molecule has 0 radical (unpaired) electrons. The zero-order valence-corrected chi connectivity index (χ0v) is 15.5. The first-order valence-corrected chi connectivity index (χ1v) is 8.98. The number of anilines is 1. The molecule has 1 amide bonds. The number of nitrogens with one attached hydrogen (secondary N) is 3. The molecule has 0 aliphatic carbocycles. The number of fused-ring (bicyclic) bond motifs is 1. The summed E-state index contributed by atoms with van der Waals surface area (Å²) in [6.07, 6.45) is 1.84. The van der Waals surface area contributed by atoms with Gasteiger partial charge in [0.1, 0.15) is 0 Å². The second-order valence-electron chi connectivity index (χ2n) is 6.28. The summed E-state index contributed by atoms with van der Waals surface area (Å²) in [5.74, 6) is -0.878. The molecular formula is C20H20N4O5. The van der Waals surface area contributed by atoms with E-state index in [1.54, 1.807) is 18.3 Å². The number of benzene rings is 2. The molecule has 0 fully saturated rings. The van der Waals surface area contributed by atoms with E-state index in [-0.39, 0.29) is 18.7 Å². The van der Waals surface area contributed by atoms with Gasteiger partial charge in [0, 0.05) is 48.0 Å². The fraction of sp³-hybridized carbons (Fsp3) is 0.200. The molecule has 29 heavy (non-hydrogen) atoms. The molecule has 0 aliphatic rings. The SMILES string of the molecule is O=C(COC(=O)Cc1c[nH]c2ccccc12)NCCNc1ccc([N+](=O)[O-])cc1. The van der Waals surface area contributed by atoms with E-state index in [4.69, 9.17) is 4.74 Å². The van der Waals surface area contributed by atoms with Crippen LogP contribution in [0, 0.1) is 10.1 Å². The minimum atomic E-state index is -0.478. The second kappa shape index (κ2) is 9.36. The van der Waals surface area contributed by atoms with Crippen LogP contribution < -0.4 is 10.6 Å². The van der Waals surface area contributed by atoms with Crippen molar-refractivity contribution >= 4 is 34.2 Å². The van der Waals surface area contributed by atoms with Crippen molar-refractivity contribution in [2.75, 3.05) is 25.0 Å². The van der Waals surface area contributed by atoms with Crippen molar-refractivity contribution in [1.29, 1.82) is 0 Å². The Kier molecular flexibility index (Phi) is 6.41. The van der Waals surface area contributed by atoms with E-state index in [0.717, 1.165) is 16.5 Å². The third-order valence-corrected chi connectivity index (χ3v) is 4.23. The van der Waals surface area contributed by atoms with E-state index in [1.165, 1.54) is 12.1 Å². The van der Waals surface area contributed by atoms with Gasteiger partial charge in [-0.15, -0.1) is 0 Å². The molecule has 150 valence electrons. The maximum atomic E-state index is 12.0. The smallest absolute Gasteiger partial charge is 0.310 e. The van der Waals surface area contributed by atoms with E-state index in [9.17, 15) is 19.7 Å². The van der Waals surface area contributed by atoms with Crippen molar-refractivity contribution in [2.45, 2.75) is 6.42 Å². The number of aromatic amines is 1. The lowest BCUT2D eigenvalue weighted by atomic mass is 10.1. The molecule has 3 aromatic rings. The van der Waals surface area contributed by atoms with Gasteiger partial charge in [0.2, 0.25) is 0 Å². The number of nitrogens with zero attached hydrogens (tertiary/aromatic N) is 1. The first-order valence-electron chi connectivity index (χ1n) is 8.98. The Labute approximate surface area is 166 Å². The number of para-hydroxylation sites is 1. The van der Waals surface area contributed by atoms with Gasteiger partial charge in [-0.05, 0) is 23.8 Å². The standard InChI is InChI=1S/C20H20N4O5/c25-19(22-10-9-21-15-5-7-16(8-6-15)24(27)28)13-29-20(26)11-14-12-23-18-4-2-1-3-17(14)18/h1-8,12,21,23H,9-11,13H2,(H,22,25). The van der Waals surface area contributed by atoms with Gasteiger partial charge in [-0.1, -0.05) is 18.2 Å². The first kappa shape index (κ1) is 19.9. The minimum Gasteiger partial charge on any atom is -0.455 e. The Morgan fingerprint density at radius 1 is 1.07 bits per heavy atom. The molecule has 9 heteroatoms. The number of non-ortho nitro benzene ring substituents is 1. The summed E-state index contributed by atoms with van der Waals surface area (Å²) < 4.78 is 5.03. The van der Waals surface area contributed by atoms with Crippen molar-refractivity contribution in [1.82, 2.24) is 10.3 Å². The third kappa shape index (κ3) is 5.55. The van der Waals surface area contributed by atoms with Crippen molar-refractivity contribution in [3.05, 3.63) is 70.4 Å². The lowest BCUT2D eigenvalue weighted by Crippen LogP contribution is -2.32. The molecule has 1 heterocycles. The van der Waals surface area contributed by atoms with Gasteiger partial charge in [-0.2, -0.15) is 0 Å². The van der Waals surface area contributed by atoms with Crippen LogP contribution in [0.1, 0.15) is 5.56 Å². The molecule has 0 unspecified atom stereocenters. The highest BCUT2D eigenvalue weighted by Gasteiger charge is 2.11. The summed E-state index contributed by atoms with van der Waals surface area (Å²) in [4.78, 5) is 37.0. The molecule has 0 saturated carbocycles. The van der Waals surface area contributed by atoms with Crippen LogP contribution in [0.2, 0.25) is 0 Å². The summed E-state index contributed by atoms with van der Waals surface area (Å²) in [7, 11) is 0. The summed E-state index contributed by atoms with van der Waals surface area (Å²) in [6, 6.07) is 13.6. The number of nitro groups is 1. The largest absolute Gasteiger partial charge is 0.455 e. The molecule has 9 nitrogen and oxygen atoms in total. The van der Waals surface area contributed by atoms with E-state index in [0.29, 0.717) is 18.8 Å². The van der Waals surface area contributed by atoms with Gasteiger partial charge in [-0.25, -0.2) is 0 Å². The molecule has 0 aliphatic heterocycles. The van der Waals surface area contributed by atoms with Crippen LogP contribution in [0.4, 0.5) is 11.4 Å². The van der Waals surface area contributed by atoms with Crippen LogP contribution in [-0.4, -0.2) is 41.5 Å². The molecule has 0 atom stereocenters.